The van der Waals surface area contributed by atoms with Crippen molar-refractivity contribution in [2.45, 2.75) is 38.5 Å². The number of ether oxygens (including phenoxy) is 2. The first-order valence-corrected chi connectivity index (χ1v) is 6.78. The van der Waals surface area contributed by atoms with Gasteiger partial charge in [0.05, 0.1) is 17.2 Å². The fourth-order valence-corrected chi connectivity index (χ4v) is 2.48. The molecule has 100 valence electrons. The van der Waals surface area contributed by atoms with Crippen molar-refractivity contribution >= 4 is 11.6 Å². The van der Waals surface area contributed by atoms with Crippen LogP contribution in [0, 0.1) is 0 Å². The van der Waals surface area contributed by atoms with Gasteiger partial charge in [0.1, 0.15) is 12.4 Å². The predicted octanol–water partition coefficient (Wildman–Crippen LogP) is 3.01. The molecule has 1 aliphatic heterocycles. The zero-order valence-electron chi connectivity index (χ0n) is 10.9. The van der Waals surface area contributed by atoms with E-state index in [1.54, 1.807) is 0 Å². The Kier molecular flexibility index (Phi) is 4.87. The molecule has 18 heavy (non-hydrogen) atoms. The standard InChI is InChI=1S/C14H20ClNO2/c1-10-6-7-12(18-10)9-17-14-11(8-16-2)4-3-5-13(14)15/h3-5,10,12,16H,6-9H2,1-2H3. The normalized spacial score (nSPS) is 23.3. The minimum atomic E-state index is 0.193. The van der Waals surface area contributed by atoms with Gasteiger partial charge < -0.3 is 14.8 Å². The first-order chi connectivity index (χ1) is 8.70. The van der Waals surface area contributed by atoms with Crippen LogP contribution in [0.4, 0.5) is 0 Å². The monoisotopic (exact) mass is 269 g/mol. The molecule has 1 heterocycles. The zero-order chi connectivity index (χ0) is 13.0. The lowest BCUT2D eigenvalue weighted by atomic mass is 10.2. The van der Waals surface area contributed by atoms with Crippen LogP contribution in [0.3, 0.4) is 0 Å². The highest BCUT2D eigenvalue weighted by atomic mass is 35.5. The molecule has 1 N–H and O–H groups in total. The zero-order valence-corrected chi connectivity index (χ0v) is 11.7. The van der Waals surface area contributed by atoms with Crippen molar-refractivity contribution in [2.24, 2.45) is 0 Å². The molecule has 0 saturated carbocycles. The minimum Gasteiger partial charge on any atom is -0.489 e. The molecule has 2 unspecified atom stereocenters. The molecule has 0 aromatic heterocycles. The first kappa shape index (κ1) is 13.7. The van der Waals surface area contributed by atoms with Crippen molar-refractivity contribution in [3.63, 3.8) is 0 Å². The second-order valence-electron chi connectivity index (χ2n) is 4.72. The van der Waals surface area contributed by atoms with Crippen LogP contribution >= 0.6 is 11.6 Å². The van der Waals surface area contributed by atoms with Gasteiger partial charge in [-0.05, 0) is 32.9 Å². The Balaban J connectivity index is 1.99. The van der Waals surface area contributed by atoms with Crippen LogP contribution in [0.5, 0.6) is 5.75 Å². The third kappa shape index (κ3) is 3.37. The van der Waals surface area contributed by atoms with E-state index < -0.39 is 0 Å². The van der Waals surface area contributed by atoms with Crippen molar-refractivity contribution in [1.82, 2.24) is 5.32 Å². The summed E-state index contributed by atoms with van der Waals surface area (Å²) in [4.78, 5) is 0. The van der Waals surface area contributed by atoms with Gasteiger partial charge >= 0.3 is 0 Å². The van der Waals surface area contributed by atoms with Crippen LogP contribution < -0.4 is 10.1 Å². The van der Waals surface area contributed by atoms with E-state index >= 15 is 0 Å². The summed E-state index contributed by atoms with van der Waals surface area (Å²) in [5.74, 6) is 0.775. The largest absolute Gasteiger partial charge is 0.489 e. The molecule has 1 aromatic carbocycles. The van der Waals surface area contributed by atoms with Gasteiger partial charge in [-0.3, -0.25) is 0 Å². The third-order valence-corrected chi connectivity index (χ3v) is 3.45. The fourth-order valence-electron chi connectivity index (χ4n) is 2.23. The van der Waals surface area contributed by atoms with Gasteiger partial charge in [0.15, 0.2) is 0 Å². The van der Waals surface area contributed by atoms with E-state index in [9.17, 15) is 0 Å². The molecule has 0 spiro atoms. The van der Waals surface area contributed by atoms with Gasteiger partial charge in [0.2, 0.25) is 0 Å². The van der Waals surface area contributed by atoms with E-state index in [0.717, 1.165) is 30.7 Å². The summed E-state index contributed by atoms with van der Waals surface area (Å²) in [6.07, 6.45) is 2.72. The van der Waals surface area contributed by atoms with Gasteiger partial charge in [-0.2, -0.15) is 0 Å². The van der Waals surface area contributed by atoms with E-state index in [-0.39, 0.29) is 6.10 Å². The molecule has 0 bridgehead atoms. The Labute approximate surface area is 113 Å². The molecule has 3 nitrogen and oxygen atoms in total. The van der Waals surface area contributed by atoms with Gasteiger partial charge in [0, 0.05) is 12.1 Å². The molecule has 1 fully saturated rings. The summed E-state index contributed by atoms with van der Waals surface area (Å²) in [5.41, 5.74) is 1.08. The van der Waals surface area contributed by atoms with Crippen LogP contribution in [-0.4, -0.2) is 25.9 Å². The van der Waals surface area contributed by atoms with E-state index in [0.29, 0.717) is 17.7 Å². The van der Waals surface area contributed by atoms with E-state index in [4.69, 9.17) is 21.1 Å². The summed E-state index contributed by atoms with van der Waals surface area (Å²) in [6, 6.07) is 5.82. The third-order valence-electron chi connectivity index (χ3n) is 3.15. The lowest BCUT2D eigenvalue weighted by Gasteiger charge is -2.16. The Morgan fingerprint density at radius 1 is 1.44 bits per heavy atom. The van der Waals surface area contributed by atoms with Gasteiger partial charge in [0.25, 0.3) is 0 Å². The Hall–Kier alpha value is -0.770. The average molecular weight is 270 g/mol. The number of nitrogens with one attached hydrogen (secondary N) is 1. The molecule has 2 atom stereocenters. The van der Waals surface area contributed by atoms with E-state index in [1.165, 1.54) is 0 Å². The number of hydrogen-bond acceptors (Lipinski definition) is 3. The summed E-state index contributed by atoms with van der Waals surface area (Å²) in [5, 5.41) is 3.78. The topological polar surface area (TPSA) is 30.5 Å². The van der Waals surface area contributed by atoms with Gasteiger partial charge in [-0.15, -0.1) is 0 Å². The number of hydrogen-bond donors (Lipinski definition) is 1. The molecule has 2 rings (SSSR count). The van der Waals surface area contributed by atoms with Crippen molar-refractivity contribution in [2.75, 3.05) is 13.7 Å². The van der Waals surface area contributed by atoms with E-state index in [2.05, 4.69) is 12.2 Å². The molecule has 0 radical (unpaired) electrons. The SMILES string of the molecule is CNCc1cccc(Cl)c1OCC1CCC(C)O1. The van der Waals surface area contributed by atoms with Crippen LogP contribution in [0.25, 0.3) is 0 Å². The average Bonchev–Trinajstić information content (AvgIpc) is 2.75. The van der Waals surface area contributed by atoms with Gasteiger partial charge in [-0.25, -0.2) is 0 Å². The summed E-state index contributed by atoms with van der Waals surface area (Å²) in [6.45, 7) is 3.42. The molecule has 0 amide bonds. The van der Waals surface area contributed by atoms with Crippen molar-refractivity contribution in [3.05, 3.63) is 28.8 Å². The highest BCUT2D eigenvalue weighted by Gasteiger charge is 2.22. The highest BCUT2D eigenvalue weighted by Crippen LogP contribution is 2.29. The van der Waals surface area contributed by atoms with E-state index in [1.807, 2.05) is 25.2 Å². The van der Waals surface area contributed by atoms with Crippen molar-refractivity contribution in [3.8, 4) is 5.75 Å². The molecule has 1 aliphatic rings. The molecular weight excluding hydrogens is 250 g/mol. The Morgan fingerprint density at radius 3 is 2.94 bits per heavy atom. The maximum absolute atomic E-state index is 6.19. The van der Waals surface area contributed by atoms with Crippen LogP contribution in [0.2, 0.25) is 5.02 Å². The van der Waals surface area contributed by atoms with Crippen LogP contribution in [0.15, 0.2) is 18.2 Å². The highest BCUT2D eigenvalue weighted by molar-refractivity contribution is 6.32. The predicted molar refractivity (Wildman–Crippen MR) is 73.3 cm³/mol. The fraction of sp³-hybridized carbons (Fsp3) is 0.571. The van der Waals surface area contributed by atoms with Crippen molar-refractivity contribution < 1.29 is 9.47 Å². The Morgan fingerprint density at radius 2 is 2.28 bits per heavy atom. The summed E-state index contributed by atoms with van der Waals surface area (Å²) < 4.78 is 11.6. The quantitative estimate of drug-likeness (QED) is 0.891. The molecule has 0 aliphatic carbocycles. The minimum absolute atomic E-state index is 0.193. The maximum Gasteiger partial charge on any atom is 0.142 e. The van der Waals surface area contributed by atoms with Crippen LogP contribution in [-0.2, 0) is 11.3 Å². The van der Waals surface area contributed by atoms with Gasteiger partial charge in [-0.1, -0.05) is 23.7 Å². The van der Waals surface area contributed by atoms with Crippen molar-refractivity contribution in [1.29, 1.82) is 0 Å². The molecular formula is C14H20ClNO2. The molecule has 4 heteroatoms. The number of halogens is 1. The lowest BCUT2D eigenvalue weighted by molar-refractivity contribution is 0.0262. The molecule has 1 aromatic rings. The summed E-state index contributed by atoms with van der Waals surface area (Å²) in [7, 11) is 1.91. The lowest BCUT2D eigenvalue weighted by Crippen LogP contribution is -2.19. The number of para-hydroxylation sites is 1. The smallest absolute Gasteiger partial charge is 0.142 e. The second-order valence-corrected chi connectivity index (χ2v) is 5.12. The number of benzene rings is 1. The second kappa shape index (κ2) is 6.41. The summed E-state index contributed by atoms with van der Waals surface area (Å²) >= 11 is 6.19. The molecule has 1 saturated heterocycles. The van der Waals surface area contributed by atoms with Crippen LogP contribution in [0.1, 0.15) is 25.3 Å². The maximum atomic E-state index is 6.19. The first-order valence-electron chi connectivity index (χ1n) is 6.41. The Bertz CT molecular complexity index is 397. The number of rotatable bonds is 5.